The SMILES string of the molecule is CCCOc1ccc(CN2C(=O)NC(=O)/C(=C\c3cc(Br)c(OCC(=O)O)c(Br)c3)C2=O)cc1OC. The van der Waals surface area contributed by atoms with Crippen molar-refractivity contribution in [2.24, 2.45) is 0 Å². The molecule has 0 bridgehead atoms. The number of hydrogen-bond donors (Lipinski definition) is 2. The Labute approximate surface area is 223 Å². The molecule has 2 N–H and O–H groups in total. The minimum absolute atomic E-state index is 0.102. The fourth-order valence-corrected chi connectivity index (χ4v) is 4.71. The zero-order valence-electron chi connectivity index (χ0n) is 19.3. The van der Waals surface area contributed by atoms with Crippen LogP contribution in [-0.4, -0.2) is 54.1 Å². The first kappa shape index (κ1) is 27.2. The van der Waals surface area contributed by atoms with E-state index >= 15 is 0 Å². The van der Waals surface area contributed by atoms with Crippen LogP contribution in [0.1, 0.15) is 24.5 Å². The van der Waals surface area contributed by atoms with Gasteiger partial charge in [0, 0.05) is 0 Å². The van der Waals surface area contributed by atoms with Crippen molar-refractivity contribution in [3.63, 3.8) is 0 Å². The number of carbonyl (C=O) groups is 4. The van der Waals surface area contributed by atoms with Gasteiger partial charge in [0.25, 0.3) is 11.8 Å². The van der Waals surface area contributed by atoms with Crippen LogP contribution >= 0.6 is 31.9 Å². The second kappa shape index (κ2) is 12.0. The maximum Gasteiger partial charge on any atom is 0.341 e. The molecule has 0 radical (unpaired) electrons. The predicted octanol–water partition coefficient (Wildman–Crippen LogP) is 4.13. The second-order valence-corrected chi connectivity index (χ2v) is 9.25. The molecule has 0 spiro atoms. The van der Waals surface area contributed by atoms with Gasteiger partial charge in [-0.3, -0.25) is 19.8 Å². The molecule has 0 aliphatic carbocycles. The van der Waals surface area contributed by atoms with E-state index in [4.69, 9.17) is 19.3 Å². The Hall–Kier alpha value is -3.38. The Morgan fingerprint density at radius 1 is 1.08 bits per heavy atom. The molecule has 10 nitrogen and oxygen atoms in total. The number of benzene rings is 2. The summed E-state index contributed by atoms with van der Waals surface area (Å²) in [5, 5.41) is 11.0. The van der Waals surface area contributed by atoms with Gasteiger partial charge >= 0.3 is 12.0 Å². The average molecular weight is 626 g/mol. The van der Waals surface area contributed by atoms with Crippen molar-refractivity contribution in [1.82, 2.24) is 10.2 Å². The Balaban J connectivity index is 1.86. The summed E-state index contributed by atoms with van der Waals surface area (Å²) in [7, 11) is 1.49. The van der Waals surface area contributed by atoms with E-state index in [-0.39, 0.29) is 17.9 Å². The number of carbonyl (C=O) groups excluding carboxylic acids is 3. The number of hydrogen-bond acceptors (Lipinski definition) is 7. The highest BCUT2D eigenvalue weighted by Gasteiger charge is 2.36. The maximum absolute atomic E-state index is 13.1. The van der Waals surface area contributed by atoms with Crippen molar-refractivity contribution in [2.45, 2.75) is 19.9 Å². The van der Waals surface area contributed by atoms with Crippen molar-refractivity contribution in [2.75, 3.05) is 20.3 Å². The van der Waals surface area contributed by atoms with Crippen molar-refractivity contribution >= 4 is 61.8 Å². The molecule has 12 heteroatoms. The molecule has 2 aromatic carbocycles. The number of methoxy groups -OCH3 is 1. The third kappa shape index (κ3) is 6.43. The van der Waals surface area contributed by atoms with Gasteiger partial charge in [0.2, 0.25) is 0 Å². The Morgan fingerprint density at radius 3 is 2.39 bits per heavy atom. The lowest BCUT2D eigenvalue weighted by Crippen LogP contribution is -2.53. The lowest BCUT2D eigenvalue weighted by Gasteiger charge is -2.26. The molecule has 0 aromatic heterocycles. The smallest absolute Gasteiger partial charge is 0.341 e. The third-order valence-corrected chi connectivity index (χ3v) is 6.07. The van der Waals surface area contributed by atoms with Crippen molar-refractivity contribution in [1.29, 1.82) is 0 Å². The Morgan fingerprint density at radius 2 is 1.78 bits per heavy atom. The molecule has 4 amide bonds. The van der Waals surface area contributed by atoms with Crippen LogP contribution < -0.4 is 19.5 Å². The molecule has 3 rings (SSSR count). The molecule has 0 unspecified atom stereocenters. The normalized spacial score (nSPS) is 14.6. The first-order valence-electron chi connectivity index (χ1n) is 10.7. The summed E-state index contributed by atoms with van der Waals surface area (Å²) in [6, 6.07) is 7.33. The third-order valence-electron chi connectivity index (χ3n) is 4.89. The number of nitrogens with zero attached hydrogens (tertiary/aromatic N) is 1. The predicted molar refractivity (Wildman–Crippen MR) is 136 cm³/mol. The van der Waals surface area contributed by atoms with Crippen LogP contribution in [0.2, 0.25) is 0 Å². The molecule has 1 aliphatic rings. The molecular weight excluding hydrogens is 604 g/mol. The highest BCUT2D eigenvalue weighted by molar-refractivity contribution is 9.11. The van der Waals surface area contributed by atoms with Crippen molar-refractivity contribution < 1.29 is 38.5 Å². The summed E-state index contributed by atoms with van der Waals surface area (Å²) >= 11 is 6.59. The van der Waals surface area contributed by atoms with Gasteiger partial charge in [0.1, 0.15) is 11.3 Å². The van der Waals surface area contributed by atoms with Gasteiger partial charge in [-0.05, 0) is 79.7 Å². The van der Waals surface area contributed by atoms with Gasteiger partial charge in [0.15, 0.2) is 18.1 Å². The van der Waals surface area contributed by atoms with E-state index < -0.39 is 30.4 Å². The summed E-state index contributed by atoms with van der Waals surface area (Å²) in [6.07, 6.45) is 2.15. The van der Waals surface area contributed by atoms with E-state index in [2.05, 4.69) is 37.2 Å². The molecule has 1 heterocycles. The standard InChI is InChI=1S/C24H22Br2N2O8/c1-3-6-35-18-5-4-13(10-19(18)34-2)11-28-23(32)15(22(31)27-24(28)33)7-14-8-16(25)21(17(26)9-14)36-12-20(29)30/h4-5,7-10H,3,6,11-12H2,1-2H3,(H,29,30)(H,27,31,33)/b15-7+. The molecule has 1 fully saturated rings. The maximum atomic E-state index is 13.1. The average Bonchev–Trinajstić information content (AvgIpc) is 2.82. The van der Waals surface area contributed by atoms with Crippen LogP contribution in [0.25, 0.3) is 6.08 Å². The van der Waals surface area contributed by atoms with Crippen molar-refractivity contribution in [3.8, 4) is 17.2 Å². The second-order valence-electron chi connectivity index (χ2n) is 7.54. The summed E-state index contributed by atoms with van der Waals surface area (Å²) in [5.41, 5.74) is 0.782. The molecule has 2 aromatic rings. The zero-order valence-corrected chi connectivity index (χ0v) is 22.5. The van der Waals surface area contributed by atoms with E-state index in [1.54, 1.807) is 30.3 Å². The number of amides is 4. The van der Waals surface area contributed by atoms with Gasteiger partial charge in [-0.2, -0.15) is 0 Å². The minimum Gasteiger partial charge on any atom is -0.493 e. The number of ether oxygens (including phenoxy) is 3. The van der Waals surface area contributed by atoms with Crippen LogP contribution in [0.4, 0.5) is 4.79 Å². The fraction of sp³-hybridized carbons (Fsp3) is 0.250. The quantitative estimate of drug-likeness (QED) is 0.298. The van der Waals surface area contributed by atoms with Gasteiger partial charge in [0.05, 0.1) is 29.2 Å². The Kier molecular flexibility index (Phi) is 9.10. The van der Waals surface area contributed by atoms with Crippen LogP contribution in [0.5, 0.6) is 17.2 Å². The van der Waals surface area contributed by atoms with Crippen LogP contribution in [-0.2, 0) is 20.9 Å². The monoisotopic (exact) mass is 624 g/mol. The summed E-state index contributed by atoms with van der Waals surface area (Å²) < 4.78 is 17.0. The largest absolute Gasteiger partial charge is 0.493 e. The molecule has 0 saturated carbocycles. The Bertz CT molecular complexity index is 1220. The summed E-state index contributed by atoms with van der Waals surface area (Å²) in [5.74, 6) is -1.50. The molecular formula is C24H22Br2N2O8. The first-order chi connectivity index (χ1) is 17.1. The van der Waals surface area contributed by atoms with Gasteiger partial charge < -0.3 is 19.3 Å². The molecule has 190 valence electrons. The topological polar surface area (TPSA) is 131 Å². The highest BCUT2D eigenvalue weighted by atomic mass is 79.9. The first-order valence-corrected chi connectivity index (χ1v) is 12.2. The van der Waals surface area contributed by atoms with Crippen LogP contribution in [0.15, 0.2) is 44.9 Å². The van der Waals surface area contributed by atoms with E-state index in [9.17, 15) is 19.2 Å². The number of aliphatic carboxylic acids is 1. The number of urea groups is 1. The van der Waals surface area contributed by atoms with E-state index in [1.807, 2.05) is 6.92 Å². The van der Waals surface area contributed by atoms with Crippen LogP contribution in [0.3, 0.4) is 0 Å². The summed E-state index contributed by atoms with van der Waals surface area (Å²) in [4.78, 5) is 49.8. The van der Waals surface area contributed by atoms with E-state index in [0.29, 0.717) is 38.2 Å². The highest BCUT2D eigenvalue weighted by Crippen LogP contribution is 2.36. The number of nitrogens with one attached hydrogen (secondary N) is 1. The number of imide groups is 2. The number of carboxylic acid groups (broad SMARTS) is 1. The van der Waals surface area contributed by atoms with Gasteiger partial charge in [-0.15, -0.1) is 0 Å². The molecule has 1 saturated heterocycles. The number of barbiturate groups is 1. The number of carboxylic acids is 1. The lowest BCUT2D eigenvalue weighted by atomic mass is 10.1. The molecule has 1 aliphatic heterocycles. The minimum atomic E-state index is -1.14. The number of rotatable bonds is 10. The summed E-state index contributed by atoms with van der Waals surface area (Å²) in [6.45, 7) is 1.84. The van der Waals surface area contributed by atoms with Gasteiger partial charge in [-0.25, -0.2) is 9.59 Å². The van der Waals surface area contributed by atoms with E-state index in [1.165, 1.54) is 13.2 Å². The van der Waals surface area contributed by atoms with Gasteiger partial charge in [-0.1, -0.05) is 13.0 Å². The van der Waals surface area contributed by atoms with Crippen molar-refractivity contribution in [3.05, 3.63) is 56.0 Å². The molecule has 36 heavy (non-hydrogen) atoms. The fourth-order valence-electron chi connectivity index (χ4n) is 3.26. The van der Waals surface area contributed by atoms with Crippen LogP contribution in [0, 0.1) is 0 Å². The number of halogens is 2. The molecule has 0 atom stereocenters. The van der Waals surface area contributed by atoms with E-state index in [0.717, 1.165) is 11.3 Å². The lowest BCUT2D eigenvalue weighted by molar-refractivity contribution is -0.139. The zero-order chi connectivity index (χ0) is 26.4.